The minimum Gasteiger partial charge on any atom is -0.394 e. The van der Waals surface area contributed by atoms with Gasteiger partial charge in [-0.1, -0.05) is 0 Å². The molecule has 9 nitrogen and oxygen atoms in total. The average Bonchev–Trinajstić information content (AvgIpc) is 2.95. The number of aliphatic hydroxyl groups excluding tert-OH is 2. The van der Waals surface area contributed by atoms with E-state index < -0.39 is 35.8 Å². The number of fused-ring (bicyclic) bond motifs is 1. The Labute approximate surface area is 116 Å². The van der Waals surface area contributed by atoms with E-state index in [-0.39, 0.29) is 11.3 Å². The van der Waals surface area contributed by atoms with Crippen LogP contribution in [0.25, 0.3) is 5.65 Å². The monoisotopic (exact) mass is 300 g/mol. The predicted octanol–water partition coefficient (Wildman–Crippen LogP) is -1.96. The summed E-state index contributed by atoms with van der Waals surface area (Å²) in [5.74, 6) is -2.61. The molecule has 1 fully saturated rings. The summed E-state index contributed by atoms with van der Waals surface area (Å²) in [6.07, 6.45) is -1.01. The summed E-state index contributed by atoms with van der Waals surface area (Å²) in [5, 5.41) is 33.3. The number of aromatic amines is 1. The molecule has 4 N–H and O–H groups in total. The molecule has 1 aliphatic rings. The molecule has 2 aromatic rings. The number of imidazole rings is 1. The zero-order valence-corrected chi connectivity index (χ0v) is 10.9. The van der Waals surface area contributed by atoms with Gasteiger partial charge in [0.15, 0.2) is 5.67 Å². The van der Waals surface area contributed by atoms with Crippen molar-refractivity contribution >= 4 is 5.65 Å². The molecule has 0 aromatic carbocycles. The molecule has 3 heterocycles. The minimum atomic E-state index is -2.64. The van der Waals surface area contributed by atoms with Crippen molar-refractivity contribution in [2.24, 2.45) is 0 Å². The van der Waals surface area contributed by atoms with Crippen LogP contribution in [-0.4, -0.2) is 59.4 Å². The van der Waals surface area contributed by atoms with Crippen LogP contribution in [0, 0.1) is 0 Å². The van der Waals surface area contributed by atoms with E-state index in [1.54, 1.807) is 0 Å². The van der Waals surface area contributed by atoms with Crippen molar-refractivity contribution in [2.45, 2.75) is 30.6 Å². The lowest BCUT2D eigenvalue weighted by atomic mass is 9.90. The number of aliphatic hydroxyl groups is 3. The van der Waals surface area contributed by atoms with E-state index in [0.717, 1.165) is 24.0 Å². The van der Waals surface area contributed by atoms with Gasteiger partial charge in [0, 0.05) is 0 Å². The predicted molar refractivity (Wildman–Crippen MR) is 65.0 cm³/mol. The third-order valence-corrected chi connectivity index (χ3v) is 3.73. The first kappa shape index (κ1) is 14.1. The van der Waals surface area contributed by atoms with Crippen LogP contribution in [0.1, 0.15) is 12.6 Å². The minimum absolute atomic E-state index is 0.165. The summed E-state index contributed by atoms with van der Waals surface area (Å²) in [6.45, 7) is 0.244. The third-order valence-electron chi connectivity index (χ3n) is 3.73. The Bertz CT molecular complexity index is 744. The maximum atomic E-state index is 14.8. The Kier molecular flexibility index (Phi) is 2.89. The van der Waals surface area contributed by atoms with Crippen molar-refractivity contribution in [3.8, 4) is 0 Å². The number of hydrogen-bond donors (Lipinski definition) is 4. The van der Waals surface area contributed by atoms with Crippen molar-refractivity contribution < 1.29 is 24.4 Å². The zero-order chi connectivity index (χ0) is 15.4. The molecule has 0 radical (unpaired) electrons. The molecule has 0 spiro atoms. The van der Waals surface area contributed by atoms with Crippen LogP contribution in [0.2, 0.25) is 0 Å². The SMILES string of the molecule is C[C@@]1(F)[C@H](O)[C@@H](CO)O[C@@]1(O)c1cnc2c(=O)[nH]cnn12. The fourth-order valence-corrected chi connectivity index (χ4v) is 2.45. The van der Waals surface area contributed by atoms with E-state index in [0.29, 0.717) is 0 Å². The maximum Gasteiger partial charge on any atom is 0.294 e. The normalized spacial score (nSPS) is 36.4. The molecule has 1 aliphatic heterocycles. The number of aromatic nitrogens is 4. The van der Waals surface area contributed by atoms with Crippen LogP contribution in [-0.2, 0) is 10.5 Å². The molecule has 10 heteroatoms. The molecule has 0 saturated carbocycles. The summed E-state index contributed by atoms with van der Waals surface area (Å²) in [5.41, 5.74) is -3.65. The molecule has 114 valence electrons. The number of H-pyrrole nitrogens is 1. The zero-order valence-electron chi connectivity index (χ0n) is 10.9. The summed E-state index contributed by atoms with van der Waals surface area (Å²) in [7, 11) is 0. The van der Waals surface area contributed by atoms with Crippen LogP contribution < -0.4 is 5.56 Å². The van der Waals surface area contributed by atoms with Gasteiger partial charge in [-0.2, -0.15) is 5.10 Å². The van der Waals surface area contributed by atoms with Crippen molar-refractivity contribution in [3.63, 3.8) is 0 Å². The molecular weight excluding hydrogens is 287 g/mol. The quantitative estimate of drug-likeness (QED) is 0.506. The first-order valence-corrected chi connectivity index (χ1v) is 6.13. The lowest BCUT2D eigenvalue weighted by molar-refractivity contribution is -0.256. The van der Waals surface area contributed by atoms with Gasteiger partial charge in [-0.3, -0.25) is 4.79 Å². The van der Waals surface area contributed by atoms with Crippen molar-refractivity contribution in [2.75, 3.05) is 6.61 Å². The number of halogens is 1. The molecule has 1 saturated heterocycles. The third kappa shape index (κ3) is 1.67. The standard InChI is InChI=1S/C11H13FN4O5/c1-10(12)7(18)5(3-17)21-11(10,20)6-2-13-8-9(19)14-4-15-16(6)8/h2,4-5,7,17-18,20H,3H2,1H3,(H,14,15,19)/t5-,7-,10-,11+/m1/s1. The number of ether oxygens (including phenoxy) is 1. The second kappa shape index (κ2) is 4.31. The van der Waals surface area contributed by atoms with Gasteiger partial charge in [0.05, 0.1) is 12.8 Å². The number of hydrogen-bond acceptors (Lipinski definition) is 7. The second-order valence-electron chi connectivity index (χ2n) is 5.00. The summed E-state index contributed by atoms with van der Waals surface area (Å²) in [4.78, 5) is 17.6. The van der Waals surface area contributed by atoms with Crippen LogP contribution in [0.3, 0.4) is 0 Å². The molecule has 0 amide bonds. The number of nitrogens with one attached hydrogen (secondary N) is 1. The highest BCUT2D eigenvalue weighted by molar-refractivity contribution is 5.37. The number of alkyl halides is 1. The van der Waals surface area contributed by atoms with E-state index in [9.17, 15) is 19.4 Å². The maximum absolute atomic E-state index is 14.8. The van der Waals surface area contributed by atoms with Crippen LogP contribution in [0.5, 0.6) is 0 Å². The van der Waals surface area contributed by atoms with Gasteiger partial charge >= 0.3 is 0 Å². The van der Waals surface area contributed by atoms with Gasteiger partial charge in [0.1, 0.15) is 24.2 Å². The molecule has 0 aliphatic carbocycles. The Morgan fingerprint density at radius 1 is 1.62 bits per heavy atom. The molecule has 3 rings (SSSR count). The van der Waals surface area contributed by atoms with E-state index in [4.69, 9.17) is 9.84 Å². The van der Waals surface area contributed by atoms with E-state index in [2.05, 4.69) is 15.1 Å². The second-order valence-corrected chi connectivity index (χ2v) is 5.00. The van der Waals surface area contributed by atoms with Crippen LogP contribution in [0.15, 0.2) is 17.3 Å². The Morgan fingerprint density at radius 3 is 2.95 bits per heavy atom. The van der Waals surface area contributed by atoms with Gasteiger partial charge in [0.2, 0.25) is 11.4 Å². The first-order chi connectivity index (χ1) is 9.83. The molecule has 0 unspecified atom stereocenters. The molecular formula is C11H13FN4O5. The Morgan fingerprint density at radius 2 is 2.33 bits per heavy atom. The van der Waals surface area contributed by atoms with Gasteiger partial charge in [0.25, 0.3) is 5.56 Å². The fraction of sp³-hybridized carbons (Fsp3) is 0.545. The first-order valence-electron chi connectivity index (χ1n) is 6.13. The highest BCUT2D eigenvalue weighted by Gasteiger charge is 2.66. The van der Waals surface area contributed by atoms with Gasteiger partial charge in [-0.25, -0.2) is 13.9 Å². The van der Waals surface area contributed by atoms with Gasteiger partial charge < -0.3 is 25.0 Å². The van der Waals surface area contributed by atoms with Gasteiger partial charge in [-0.15, -0.1) is 0 Å². The highest BCUT2D eigenvalue weighted by atomic mass is 19.1. The number of nitrogens with zero attached hydrogens (tertiary/aromatic N) is 3. The fourth-order valence-electron chi connectivity index (χ4n) is 2.45. The smallest absolute Gasteiger partial charge is 0.294 e. The van der Waals surface area contributed by atoms with Crippen LogP contribution in [0.4, 0.5) is 4.39 Å². The molecule has 21 heavy (non-hydrogen) atoms. The average molecular weight is 300 g/mol. The molecule has 0 bridgehead atoms. The number of rotatable bonds is 2. The Hall–Kier alpha value is -1.88. The summed E-state index contributed by atoms with van der Waals surface area (Å²) in [6, 6.07) is 0. The van der Waals surface area contributed by atoms with Crippen LogP contribution >= 0.6 is 0 Å². The van der Waals surface area contributed by atoms with E-state index in [1.165, 1.54) is 0 Å². The van der Waals surface area contributed by atoms with Crippen molar-refractivity contribution in [1.82, 2.24) is 19.6 Å². The summed E-state index contributed by atoms with van der Waals surface area (Å²) >= 11 is 0. The van der Waals surface area contributed by atoms with Crippen molar-refractivity contribution in [3.05, 3.63) is 28.6 Å². The highest BCUT2D eigenvalue weighted by Crippen LogP contribution is 2.47. The van der Waals surface area contributed by atoms with Gasteiger partial charge in [-0.05, 0) is 6.92 Å². The molecule has 2 aromatic heterocycles. The lowest BCUT2D eigenvalue weighted by Crippen LogP contribution is -2.49. The lowest BCUT2D eigenvalue weighted by Gasteiger charge is -2.31. The van der Waals surface area contributed by atoms with E-state index >= 15 is 0 Å². The van der Waals surface area contributed by atoms with Crippen molar-refractivity contribution in [1.29, 1.82) is 0 Å². The topological polar surface area (TPSA) is 133 Å². The molecule has 4 atom stereocenters. The summed E-state index contributed by atoms with van der Waals surface area (Å²) < 4.78 is 20.8. The largest absolute Gasteiger partial charge is 0.394 e. The van der Waals surface area contributed by atoms with E-state index in [1.807, 2.05) is 0 Å². The Balaban J connectivity index is 2.22.